The molecule has 0 saturated carbocycles. The minimum absolute atomic E-state index is 0.00509. The van der Waals surface area contributed by atoms with Crippen molar-refractivity contribution in [3.8, 4) is 5.75 Å². The Labute approximate surface area is 110 Å². The van der Waals surface area contributed by atoms with Crippen LogP contribution in [0.2, 0.25) is 0 Å². The summed E-state index contributed by atoms with van der Waals surface area (Å²) in [6.45, 7) is 9.16. The second-order valence-corrected chi connectivity index (χ2v) is 5.91. The van der Waals surface area contributed by atoms with Gasteiger partial charge in [0.05, 0.1) is 0 Å². The first kappa shape index (κ1) is 14.6. The first-order chi connectivity index (χ1) is 8.28. The van der Waals surface area contributed by atoms with E-state index in [1.54, 1.807) is 4.90 Å². The molecule has 0 atom stereocenters. The van der Waals surface area contributed by atoms with Gasteiger partial charge in [0.25, 0.3) is 5.91 Å². The van der Waals surface area contributed by atoms with Crippen LogP contribution in [-0.2, 0) is 4.79 Å². The molecule has 0 saturated heterocycles. The molecule has 0 aliphatic carbocycles. The molecule has 100 valence electrons. The average Bonchev–Trinajstić information content (AvgIpc) is 2.25. The zero-order chi connectivity index (χ0) is 13.8. The quantitative estimate of drug-likeness (QED) is 0.821. The summed E-state index contributed by atoms with van der Waals surface area (Å²) in [6, 6.07) is 7.70. The molecule has 3 nitrogen and oxygen atoms in total. The summed E-state index contributed by atoms with van der Waals surface area (Å²) < 4.78 is 5.47. The van der Waals surface area contributed by atoms with Crippen LogP contribution < -0.4 is 4.74 Å². The highest BCUT2D eigenvalue weighted by atomic mass is 16.5. The van der Waals surface area contributed by atoms with Gasteiger partial charge in [0.1, 0.15) is 5.75 Å². The number of hydrogen-bond acceptors (Lipinski definition) is 2. The Balaban J connectivity index is 2.43. The maximum atomic E-state index is 11.9. The fourth-order valence-corrected chi connectivity index (χ4v) is 1.69. The molecule has 0 unspecified atom stereocenters. The van der Waals surface area contributed by atoms with Crippen LogP contribution in [-0.4, -0.2) is 31.0 Å². The Morgan fingerprint density at radius 3 is 2.28 bits per heavy atom. The van der Waals surface area contributed by atoms with Crippen molar-refractivity contribution in [2.75, 3.05) is 20.2 Å². The van der Waals surface area contributed by atoms with Gasteiger partial charge in [-0.05, 0) is 24.5 Å². The van der Waals surface area contributed by atoms with Crippen LogP contribution in [0.1, 0.15) is 26.3 Å². The molecule has 0 fully saturated rings. The largest absolute Gasteiger partial charge is 0.484 e. The summed E-state index contributed by atoms with van der Waals surface area (Å²) >= 11 is 0. The third-order valence-corrected chi connectivity index (χ3v) is 2.52. The Morgan fingerprint density at radius 1 is 1.22 bits per heavy atom. The van der Waals surface area contributed by atoms with Crippen molar-refractivity contribution >= 4 is 5.91 Å². The van der Waals surface area contributed by atoms with Crippen LogP contribution >= 0.6 is 0 Å². The molecule has 0 N–H and O–H groups in total. The number of ether oxygens (including phenoxy) is 1. The fraction of sp³-hybridized carbons (Fsp3) is 0.533. The molecule has 1 aromatic carbocycles. The molecule has 0 aromatic heterocycles. The lowest BCUT2D eigenvalue weighted by Crippen LogP contribution is -2.37. The molecule has 0 aliphatic rings. The van der Waals surface area contributed by atoms with Gasteiger partial charge >= 0.3 is 0 Å². The molecular formula is C15H23NO2. The van der Waals surface area contributed by atoms with Gasteiger partial charge in [0.15, 0.2) is 6.61 Å². The highest BCUT2D eigenvalue weighted by molar-refractivity contribution is 5.77. The van der Waals surface area contributed by atoms with Gasteiger partial charge in [-0.15, -0.1) is 0 Å². The zero-order valence-electron chi connectivity index (χ0n) is 12.0. The summed E-state index contributed by atoms with van der Waals surface area (Å²) in [5.74, 6) is 0.739. The monoisotopic (exact) mass is 249 g/mol. The van der Waals surface area contributed by atoms with Crippen molar-refractivity contribution in [3.63, 3.8) is 0 Å². The smallest absolute Gasteiger partial charge is 0.260 e. The minimum Gasteiger partial charge on any atom is -0.484 e. The summed E-state index contributed by atoms with van der Waals surface area (Å²) in [5, 5.41) is 0. The normalized spacial score (nSPS) is 11.2. The molecule has 0 bridgehead atoms. The maximum absolute atomic E-state index is 11.9. The number of carbonyl (C=O) groups is 1. The average molecular weight is 249 g/mol. The first-order valence-corrected chi connectivity index (χ1v) is 6.21. The lowest BCUT2D eigenvalue weighted by atomic mass is 9.96. The molecule has 0 heterocycles. The van der Waals surface area contributed by atoms with Crippen molar-refractivity contribution in [2.24, 2.45) is 5.41 Å². The molecule has 1 rings (SSSR count). The molecule has 0 spiro atoms. The maximum Gasteiger partial charge on any atom is 0.260 e. The summed E-state index contributed by atoms with van der Waals surface area (Å²) in [7, 11) is 1.81. The minimum atomic E-state index is 0.00509. The Hall–Kier alpha value is -1.51. The van der Waals surface area contributed by atoms with E-state index in [0.29, 0.717) is 0 Å². The lowest BCUT2D eigenvalue weighted by Gasteiger charge is -2.26. The third-order valence-electron chi connectivity index (χ3n) is 2.52. The van der Waals surface area contributed by atoms with Gasteiger partial charge in [-0.2, -0.15) is 0 Å². The number of nitrogens with zero attached hydrogens (tertiary/aromatic N) is 1. The second kappa shape index (κ2) is 5.89. The summed E-state index contributed by atoms with van der Waals surface area (Å²) in [5.41, 5.74) is 1.28. The number of amides is 1. The van der Waals surface area contributed by atoms with Crippen molar-refractivity contribution in [1.82, 2.24) is 4.90 Å². The number of aryl methyl sites for hydroxylation is 1. The molecule has 1 aromatic rings. The number of hydrogen-bond donors (Lipinski definition) is 0. The van der Waals surface area contributed by atoms with Crippen molar-refractivity contribution in [2.45, 2.75) is 27.7 Å². The van der Waals surface area contributed by atoms with Crippen LogP contribution in [0.3, 0.4) is 0 Å². The van der Waals surface area contributed by atoms with E-state index >= 15 is 0 Å². The van der Waals surface area contributed by atoms with E-state index in [1.807, 2.05) is 38.2 Å². The molecule has 0 radical (unpaired) electrons. The van der Waals surface area contributed by atoms with E-state index in [-0.39, 0.29) is 17.9 Å². The van der Waals surface area contributed by atoms with Crippen molar-refractivity contribution in [3.05, 3.63) is 29.8 Å². The highest BCUT2D eigenvalue weighted by Crippen LogP contribution is 2.15. The van der Waals surface area contributed by atoms with E-state index in [4.69, 9.17) is 4.74 Å². The standard InChI is InChI=1S/C15H23NO2/c1-12-6-8-13(9-7-12)18-10-14(17)16(5)11-15(2,3)4/h6-9H,10-11H2,1-5H3. The highest BCUT2D eigenvalue weighted by Gasteiger charge is 2.17. The molecule has 1 amide bonds. The van der Waals surface area contributed by atoms with Gasteiger partial charge in [-0.25, -0.2) is 0 Å². The van der Waals surface area contributed by atoms with Crippen LogP contribution in [0.15, 0.2) is 24.3 Å². The topological polar surface area (TPSA) is 29.5 Å². The van der Waals surface area contributed by atoms with Crippen LogP contribution in [0.5, 0.6) is 5.75 Å². The number of likely N-dealkylation sites (N-methyl/N-ethyl adjacent to an activating group) is 1. The third kappa shape index (κ3) is 5.21. The zero-order valence-corrected chi connectivity index (χ0v) is 12.0. The predicted molar refractivity (Wildman–Crippen MR) is 73.8 cm³/mol. The molecule has 0 aliphatic heterocycles. The predicted octanol–water partition coefficient (Wildman–Crippen LogP) is 2.88. The van der Waals surface area contributed by atoms with E-state index in [1.165, 1.54) is 5.56 Å². The SMILES string of the molecule is Cc1ccc(OCC(=O)N(C)CC(C)(C)C)cc1. The van der Waals surface area contributed by atoms with Crippen LogP contribution in [0.4, 0.5) is 0 Å². The fourth-order valence-electron chi connectivity index (χ4n) is 1.69. The Bertz CT molecular complexity index is 390. The lowest BCUT2D eigenvalue weighted by molar-refractivity contribution is -0.133. The first-order valence-electron chi connectivity index (χ1n) is 6.21. The Morgan fingerprint density at radius 2 is 1.78 bits per heavy atom. The van der Waals surface area contributed by atoms with Crippen LogP contribution in [0.25, 0.3) is 0 Å². The number of rotatable bonds is 4. The number of carbonyl (C=O) groups excluding carboxylic acids is 1. The van der Waals surface area contributed by atoms with Gasteiger partial charge in [-0.3, -0.25) is 4.79 Å². The summed E-state index contributed by atoms with van der Waals surface area (Å²) in [6.07, 6.45) is 0. The second-order valence-electron chi connectivity index (χ2n) is 5.91. The van der Waals surface area contributed by atoms with E-state index in [0.717, 1.165) is 12.3 Å². The van der Waals surface area contributed by atoms with E-state index in [9.17, 15) is 4.79 Å². The van der Waals surface area contributed by atoms with Gasteiger partial charge in [0.2, 0.25) is 0 Å². The van der Waals surface area contributed by atoms with Crippen molar-refractivity contribution in [1.29, 1.82) is 0 Å². The van der Waals surface area contributed by atoms with E-state index in [2.05, 4.69) is 20.8 Å². The van der Waals surface area contributed by atoms with Gasteiger partial charge in [0, 0.05) is 13.6 Å². The molecule has 3 heteroatoms. The summed E-state index contributed by atoms with van der Waals surface area (Å²) in [4.78, 5) is 13.6. The number of benzene rings is 1. The molecular weight excluding hydrogens is 226 g/mol. The van der Waals surface area contributed by atoms with E-state index < -0.39 is 0 Å². The van der Waals surface area contributed by atoms with Crippen molar-refractivity contribution < 1.29 is 9.53 Å². The van der Waals surface area contributed by atoms with Gasteiger partial charge in [-0.1, -0.05) is 38.5 Å². The van der Waals surface area contributed by atoms with Gasteiger partial charge < -0.3 is 9.64 Å². The molecule has 18 heavy (non-hydrogen) atoms. The van der Waals surface area contributed by atoms with Crippen LogP contribution in [0, 0.1) is 12.3 Å². The Kier molecular flexibility index (Phi) is 4.76.